The fraction of sp³-hybridized carbons (Fsp3) is 0.400. The number of rotatable bonds is 3. The highest BCUT2D eigenvalue weighted by molar-refractivity contribution is 5.72. The number of aromatic nitrogens is 2. The average Bonchev–Trinajstić information content (AvgIpc) is 3.16. The van der Waals surface area contributed by atoms with Crippen molar-refractivity contribution in [1.82, 2.24) is 9.55 Å². The van der Waals surface area contributed by atoms with E-state index in [9.17, 15) is 0 Å². The van der Waals surface area contributed by atoms with Crippen LogP contribution in [-0.2, 0) is 0 Å². The molecule has 0 radical (unpaired) electrons. The van der Waals surface area contributed by atoms with Crippen molar-refractivity contribution < 1.29 is 0 Å². The third-order valence-corrected chi connectivity index (χ3v) is 3.69. The predicted octanol–water partition coefficient (Wildman–Crippen LogP) is 2.84. The first kappa shape index (κ1) is 12.1. The normalized spacial score (nSPS) is 14.7. The summed E-state index contributed by atoms with van der Waals surface area (Å²) in [6.07, 6.45) is 2.45. The summed E-state index contributed by atoms with van der Waals surface area (Å²) in [4.78, 5) is 6.73. The first-order chi connectivity index (χ1) is 9.08. The third kappa shape index (κ3) is 2.07. The summed E-state index contributed by atoms with van der Waals surface area (Å²) >= 11 is 0. The number of nitrogens with zero attached hydrogens (tertiary/aromatic N) is 3. The van der Waals surface area contributed by atoms with E-state index in [-0.39, 0.29) is 0 Å². The number of nitrogen functional groups attached to an aromatic ring is 1. The van der Waals surface area contributed by atoms with Gasteiger partial charge < -0.3 is 15.2 Å². The molecule has 3 rings (SSSR count). The highest BCUT2D eigenvalue weighted by atomic mass is 15.2. The molecule has 0 atom stereocenters. The summed E-state index contributed by atoms with van der Waals surface area (Å²) in [6, 6.07) is 8.94. The number of nitrogens with two attached hydrogens (primary N) is 1. The van der Waals surface area contributed by atoms with Crippen LogP contribution < -0.4 is 10.6 Å². The van der Waals surface area contributed by atoms with Gasteiger partial charge in [0.1, 0.15) is 17.3 Å². The Morgan fingerprint density at radius 2 is 1.84 bits per heavy atom. The standard InChI is InChI=1S/C15H20N4/c1-10-17-14(15(16)19(10)13-8-9-13)11-4-6-12(7-5-11)18(2)3/h4-7,13H,8-9,16H2,1-3H3. The van der Waals surface area contributed by atoms with Crippen LogP contribution in [0.4, 0.5) is 11.5 Å². The van der Waals surface area contributed by atoms with Crippen LogP contribution in [0.1, 0.15) is 24.7 Å². The number of hydrogen-bond acceptors (Lipinski definition) is 3. The van der Waals surface area contributed by atoms with E-state index in [0.717, 1.165) is 22.9 Å². The molecule has 1 aromatic heterocycles. The molecular weight excluding hydrogens is 236 g/mol. The predicted molar refractivity (Wildman–Crippen MR) is 79.4 cm³/mol. The van der Waals surface area contributed by atoms with E-state index in [0.29, 0.717) is 6.04 Å². The van der Waals surface area contributed by atoms with E-state index >= 15 is 0 Å². The number of aryl methyl sites for hydroxylation is 1. The topological polar surface area (TPSA) is 47.1 Å². The molecule has 100 valence electrons. The van der Waals surface area contributed by atoms with Crippen molar-refractivity contribution in [2.75, 3.05) is 24.7 Å². The Morgan fingerprint density at radius 3 is 2.37 bits per heavy atom. The van der Waals surface area contributed by atoms with Gasteiger partial charge in [-0.25, -0.2) is 4.98 Å². The highest BCUT2D eigenvalue weighted by Gasteiger charge is 2.28. The lowest BCUT2D eigenvalue weighted by Crippen LogP contribution is -2.08. The van der Waals surface area contributed by atoms with Gasteiger partial charge in [-0.1, -0.05) is 12.1 Å². The molecule has 1 heterocycles. The van der Waals surface area contributed by atoms with Crippen LogP contribution in [0.3, 0.4) is 0 Å². The molecular formula is C15H20N4. The van der Waals surface area contributed by atoms with Crippen LogP contribution in [0, 0.1) is 6.92 Å². The van der Waals surface area contributed by atoms with Crippen LogP contribution in [0.25, 0.3) is 11.3 Å². The third-order valence-electron chi connectivity index (χ3n) is 3.69. The quantitative estimate of drug-likeness (QED) is 0.918. The zero-order valence-corrected chi connectivity index (χ0v) is 11.7. The largest absolute Gasteiger partial charge is 0.383 e. The van der Waals surface area contributed by atoms with Crippen molar-refractivity contribution in [2.45, 2.75) is 25.8 Å². The van der Waals surface area contributed by atoms with Gasteiger partial charge in [0.2, 0.25) is 0 Å². The van der Waals surface area contributed by atoms with Gasteiger partial charge in [0.15, 0.2) is 0 Å². The molecule has 0 saturated heterocycles. The van der Waals surface area contributed by atoms with Crippen molar-refractivity contribution in [3.05, 3.63) is 30.1 Å². The summed E-state index contributed by atoms with van der Waals surface area (Å²) in [5.74, 6) is 1.82. The zero-order chi connectivity index (χ0) is 13.6. The van der Waals surface area contributed by atoms with Gasteiger partial charge in [-0.2, -0.15) is 0 Å². The zero-order valence-electron chi connectivity index (χ0n) is 11.7. The molecule has 2 aromatic rings. The van der Waals surface area contributed by atoms with Crippen LogP contribution in [0.5, 0.6) is 0 Å². The summed E-state index contributed by atoms with van der Waals surface area (Å²) in [7, 11) is 4.07. The van der Waals surface area contributed by atoms with Crippen LogP contribution >= 0.6 is 0 Å². The Bertz CT molecular complexity index is 591. The summed E-state index contributed by atoms with van der Waals surface area (Å²) in [5, 5.41) is 0. The van der Waals surface area contributed by atoms with Crippen molar-refractivity contribution in [1.29, 1.82) is 0 Å². The van der Waals surface area contributed by atoms with Gasteiger partial charge in [-0.3, -0.25) is 0 Å². The summed E-state index contributed by atoms with van der Waals surface area (Å²) in [5.41, 5.74) is 9.45. The molecule has 1 fully saturated rings. The molecule has 0 spiro atoms. The van der Waals surface area contributed by atoms with Gasteiger partial charge in [-0.15, -0.1) is 0 Å². The number of benzene rings is 1. The van der Waals surface area contributed by atoms with Crippen LogP contribution in [-0.4, -0.2) is 23.6 Å². The molecule has 0 aliphatic heterocycles. The van der Waals surface area contributed by atoms with Gasteiger partial charge in [0, 0.05) is 31.4 Å². The van der Waals surface area contributed by atoms with Gasteiger partial charge in [0.25, 0.3) is 0 Å². The van der Waals surface area contributed by atoms with Gasteiger partial charge in [0.05, 0.1) is 0 Å². The molecule has 0 unspecified atom stereocenters. The first-order valence-electron chi connectivity index (χ1n) is 6.70. The maximum Gasteiger partial charge on any atom is 0.131 e. The summed E-state index contributed by atoms with van der Waals surface area (Å²) < 4.78 is 2.18. The van der Waals surface area contributed by atoms with Crippen molar-refractivity contribution in [3.8, 4) is 11.3 Å². The minimum atomic E-state index is 0.572. The maximum absolute atomic E-state index is 6.27. The molecule has 19 heavy (non-hydrogen) atoms. The second-order valence-electron chi connectivity index (χ2n) is 5.44. The molecule has 1 saturated carbocycles. The lowest BCUT2D eigenvalue weighted by atomic mass is 10.1. The van der Waals surface area contributed by atoms with Crippen molar-refractivity contribution >= 4 is 11.5 Å². The first-order valence-corrected chi connectivity index (χ1v) is 6.70. The minimum Gasteiger partial charge on any atom is -0.383 e. The van der Waals surface area contributed by atoms with E-state index in [1.807, 2.05) is 21.0 Å². The van der Waals surface area contributed by atoms with E-state index in [1.54, 1.807) is 0 Å². The monoisotopic (exact) mass is 256 g/mol. The Morgan fingerprint density at radius 1 is 1.21 bits per heavy atom. The van der Waals surface area contributed by atoms with E-state index < -0.39 is 0 Å². The highest BCUT2D eigenvalue weighted by Crippen LogP contribution is 2.40. The van der Waals surface area contributed by atoms with E-state index in [1.165, 1.54) is 18.5 Å². The number of hydrogen-bond donors (Lipinski definition) is 1. The Hall–Kier alpha value is -1.97. The summed E-state index contributed by atoms with van der Waals surface area (Å²) in [6.45, 7) is 2.03. The molecule has 4 heteroatoms. The fourth-order valence-corrected chi connectivity index (χ4v) is 2.48. The van der Waals surface area contributed by atoms with E-state index in [2.05, 4.69) is 38.7 Å². The Balaban J connectivity index is 2.00. The molecule has 1 aliphatic rings. The SMILES string of the molecule is Cc1nc(-c2ccc(N(C)C)cc2)c(N)n1C1CC1. The molecule has 0 bridgehead atoms. The second kappa shape index (κ2) is 4.30. The maximum atomic E-state index is 6.27. The molecule has 1 aliphatic carbocycles. The lowest BCUT2D eigenvalue weighted by molar-refractivity contribution is 0.720. The second-order valence-corrected chi connectivity index (χ2v) is 5.44. The molecule has 2 N–H and O–H groups in total. The minimum absolute atomic E-state index is 0.572. The molecule has 1 aromatic carbocycles. The molecule has 0 amide bonds. The number of imidazole rings is 1. The van der Waals surface area contributed by atoms with Crippen molar-refractivity contribution in [3.63, 3.8) is 0 Å². The van der Waals surface area contributed by atoms with Crippen molar-refractivity contribution in [2.24, 2.45) is 0 Å². The Kier molecular flexibility index (Phi) is 2.73. The van der Waals surface area contributed by atoms with Gasteiger partial charge >= 0.3 is 0 Å². The lowest BCUT2D eigenvalue weighted by Gasteiger charge is -2.12. The Labute approximate surface area is 113 Å². The van der Waals surface area contributed by atoms with Crippen LogP contribution in [0.15, 0.2) is 24.3 Å². The number of anilines is 2. The smallest absolute Gasteiger partial charge is 0.131 e. The molecule has 4 nitrogen and oxygen atoms in total. The van der Waals surface area contributed by atoms with E-state index in [4.69, 9.17) is 5.73 Å². The fourth-order valence-electron chi connectivity index (χ4n) is 2.48. The van der Waals surface area contributed by atoms with Crippen LogP contribution in [0.2, 0.25) is 0 Å². The van der Waals surface area contributed by atoms with Gasteiger partial charge in [-0.05, 0) is 31.9 Å². The average molecular weight is 256 g/mol.